The molecule has 108 valence electrons. The first kappa shape index (κ1) is 14.4. The molecule has 4 nitrogen and oxygen atoms in total. The molecule has 0 aliphatic heterocycles. The summed E-state index contributed by atoms with van der Waals surface area (Å²) in [7, 11) is 0. The van der Waals surface area contributed by atoms with Crippen molar-refractivity contribution in [2.75, 3.05) is 0 Å². The van der Waals surface area contributed by atoms with Crippen LogP contribution in [0.3, 0.4) is 0 Å². The number of nitrogens with zero attached hydrogens (tertiary/aromatic N) is 3. The summed E-state index contributed by atoms with van der Waals surface area (Å²) in [6, 6.07) is 2.19. The number of rotatable bonds is 3. The lowest BCUT2D eigenvalue weighted by Gasteiger charge is -2.23. The van der Waals surface area contributed by atoms with E-state index in [-0.39, 0.29) is 12.0 Å². The highest BCUT2D eigenvalue weighted by Crippen LogP contribution is 2.31. The molecule has 0 aliphatic carbocycles. The molecule has 2 rings (SSSR count). The van der Waals surface area contributed by atoms with E-state index in [9.17, 15) is 22.7 Å². The lowest BCUT2D eigenvalue weighted by molar-refractivity contribution is -0.137. The zero-order valence-corrected chi connectivity index (χ0v) is 10.4. The van der Waals surface area contributed by atoms with Crippen molar-refractivity contribution >= 4 is 0 Å². The van der Waals surface area contributed by atoms with Gasteiger partial charge in [-0.05, 0) is 24.6 Å². The van der Waals surface area contributed by atoms with Crippen molar-refractivity contribution in [2.24, 2.45) is 0 Å². The van der Waals surface area contributed by atoms with Gasteiger partial charge in [-0.15, -0.1) is 0 Å². The van der Waals surface area contributed by atoms with E-state index in [1.165, 1.54) is 19.6 Å². The fourth-order valence-electron chi connectivity index (χ4n) is 1.77. The van der Waals surface area contributed by atoms with Gasteiger partial charge >= 0.3 is 6.18 Å². The summed E-state index contributed by atoms with van der Waals surface area (Å²) >= 11 is 0. The molecule has 1 heterocycles. The second-order valence-corrected chi connectivity index (χ2v) is 4.54. The van der Waals surface area contributed by atoms with E-state index in [1.54, 1.807) is 0 Å². The fraction of sp³-hybridized carbons (Fsp3) is 0.333. The van der Waals surface area contributed by atoms with Crippen molar-refractivity contribution in [3.63, 3.8) is 0 Å². The average molecular weight is 289 g/mol. The quantitative estimate of drug-likeness (QED) is 0.882. The van der Waals surface area contributed by atoms with Gasteiger partial charge in [-0.25, -0.2) is 14.1 Å². The van der Waals surface area contributed by atoms with Gasteiger partial charge in [0, 0.05) is 6.42 Å². The monoisotopic (exact) mass is 289 g/mol. The zero-order valence-electron chi connectivity index (χ0n) is 10.4. The third-order valence-corrected chi connectivity index (χ3v) is 2.82. The molecule has 1 unspecified atom stereocenters. The third-order valence-electron chi connectivity index (χ3n) is 2.82. The van der Waals surface area contributed by atoms with Crippen LogP contribution in [0.2, 0.25) is 0 Å². The van der Waals surface area contributed by atoms with E-state index >= 15 is 0 Å². The van der Waals surface area contributed by atoms with Crippen LogP contribution in [0.1, 0.15) is 18.1 Å². The Labute approximate surface area is 111 Å². The molecule has 0 aliphatic rings. The number of alkyl halides is 3. The van der Waals surface area contributed by atoms with Crippen molar-refractivity contribution < 1.29 is 22.7 Å². The number of hydrogen-bond acceptors (Lipinski definition) is 3. The molecule has 1 N–H and O–H groups in total. The average Bonchev–Trinajstić information content (AvgIpc) is 2.84. The van der Waals surface area contributed by atoms with E-state index in [1.807, 2.05) is 0 Å². The number of aliphatic hydroxyl groups is 1. The van der Waals surface area contributed by atoms with Gasteiger partial charge in [0.2, 0.25) is 0 Å². The van der Waals surface area contributed by atoms with E-state index in [0.29, 0.717) is 6.07 Å². The topological polar surface area (TPSA) is 50.9 Å². The molecular weight excluding hydrogens is 278 g/mol. The highest BCUT2D eigenvalue weighted by molar-refractivity contribution is 5.27. The lowest BCUT2D eigenvalue weighted by Crippen LogP contribution is -2.33. The SMILES string of the molecule is CC(O)(Cc1ccc(C(F)(F)F)cc1F)n1cncn1. The molecule has 8 heteroatoms. The summed E-state index contributed by atoms with van der Waals surface area (Å²) in [5.74, 6) is -1.03. The van der Waals surface area contributed by atoms with Crippen LogP contribution in [0.5, 0.6) is 0 Å². The van der Waals surface area contributed by atoms with Gasteiger partial charge in [0.05, 0.1) is 5.56 Å². The molecule has 1 aromatic carbocycles. The van der Waals surface area contributed by atoms with Crippen molar-refractivity contribution in [1.29, 1.82) is 0 Å². The highest BCUT2D eigenvalue weighted by atomic mass is 19.4. The minimum absolute atomic E-state index is 0.0431. The van der Waals surface area contributed by atoms with Crippen LogP contribution in [0.25, 0.3) is 0 Å². The number of hydrogen-bond donors (Lipinski definition) is 1. The first-order valence-corrected chi connectivity index (χ1v) is 5.63. The van der Waals surface area contributed by atoms with Crippen molar-refractivity contribution in [1.82, 2.24) is 14.8 Å². The molecule has 0 fully saturated rings. The lowest BCUT2D eigenvalue weighted by atomic mass is 10.0. The van der Waals surface area contributed by atoms with Gasteiger partial charge in [0.1, 0.15) is 18.5 Å². The van der Waals surface area contributed by atoms with E-state index in [0.717, 1.165) is 16.8 Å². The Kier molecular flexibility index (Phi) is 3.51. The molecule has 0 amide bonds. The van der Waals surface area contributed by atoms with Gasteiger partial charge < -0.3 is 5.11 Å². The molecule has 2 aromatic rings. The summed E-state index contributed by atoms with van der Waals surface area (Å²) in [6.45, 7) is 1.36. The van der Waals surface area contributed by atoms with Crippen LogP contribution < -0.4 is 0 Å². The van der Waals surface area contributed by atoms with Crippen LogP contribution in [-0.4, -0.2) is 19.9 Å². The van der Waals surface area contributed by atoms with Gasteiger partial charge in [0.15, 0.2) is 5.72 Å². The van der Waals surface area contributed by atoms with Crippen LogP contribution in [0.4, 0.5) is 17.6 Å². The van der Waals surface area contributed by atoms with E-state index < -0.39 is 23.3 Å². The maximum absolute atomic E-state index is 13.7. The van der Waals surface area contributed by atoms with Crippen LogP contribution in [-0.2, 0) is 18.3 Å². The highest BCUT2D eigenvalue weighted by Gasteiger charge is 2.32. The molecule has 0 spiro atoms. The van der Waals surface area contributed by atoms with E-state index in [4.69, 9.17) is 0 Å². The van der Waals surface area contributed by atoms with Gasteiger partial charge in [-0.1, -0.05) is 6.07 Å². The fourth-order valence-corrected chi connectivity index (χ4v) is 1.77. The molecule has 1 atom stereocenters. The Morgan fingerprint density at radius 1 is 1.30 bits per heavy atom. The maximum Gasteiger partial charge on any atom is 0.416 e. The Bertz CT molecular complexity index is 593. The number of benzene rings is 1. The second-order valence-electron chi connectivity index (χ2n) is 4.54. The predicted molar refractivity (Wildman–Crippen MR) is 61.0 cm³/mol. The van der Waals surface area contributed by atoms with Crippen LogP contribution in [0.15, 0.2) is 30.9 Å². The molecule has 0 saturated heterocycles. The molecule has 0 bridgehead atoms. The number of aromatic nitrogens is 3. The summed E-state index contributed by atoms with van der Waals surface area (Å²) in [4.78, 5) is 3.65. The predicted octanol–water partition coefficient (Wildman–Crippen LogP) is 2.34. The van der Waals surface area contributed by atoms with Gasteiger partial charge in [0.25, 0.3) is 0 Å². The normalized spacial score (nSPS) is 15.1. The Morgan fingerprint density at radius 3 is 2.50 bits per heavy atom. The summed E-state index contributed by atoms with van der Waals surface area (Å²) < 4.78 is 52.1. The molecule has 20 heavy (non-hydrogen) atoms. The van der Waals surface area contributed by atoms with E-state index in [2.05, 4.69) is 10.1 Å². The molecule has 0 saturated carbocycles. The maximum atomic E-state index is 13.7. The summed E-state index contributed by atoms with van der Waals surface area (Å²) in [5.41, 5.74) is -2.70. The second kappa shape index (κ2) is 4.86. The largest absolute Gasteiger partial charge is 0.416 e. The summed E-state index contributed by atoms with van der Waals surface area (Å²) in [6.07, 6.45) is -2.41. The first-order chi connectivity index (χ1) is 9.20. The first-order valence-electron chi connectivity index (χ1n) is 5.63. The van der Waals surface area contributed by atoms with Gasteiger partial charge in [-0.3, -0.25) is 0 Å². The molecule has 1 aromatic heterocycles. The van der Waals surface area contributed by atoms with Crippen LogP contribution >= 0.6 is 0 Å². The Balaban J connectivity index is 2.27. The van der Waals surface area contributed by atoms with Crippen molar-refractivity contribution in [2.45, 2.75) is 25.2 Å². The van der Waals surface area contributed by atoms with Crippen molar-refractivity contribution in [3.8, 4) is 0 Å². The summed E-state index contributed by atoms with van der Waals surface area (Å²) in [5, 5.41) is 13.9. The smallest absolute Gasteiger partial charge is 0.369 e. The number of halogens is 4. The molecular formula is C12H11F4N3O. The van der Waals surface area contributed by atoms with Crippen LogP contribution in [0, 0.1) is 5.82 Å². The third kappa shape index (κ3) is 2.96. The molecule has 0 radical (unpaired) electrons. The minimum Gasteiger partial charge on any atom is -0.369 e. The van der Waals surface area contributed by atoms with Crippen molar-refractivity contribution in [3.05, 3.63) is 47.8 Å². The standard InChI is InChI=1S/C12H11F4N3O/c1-11(20,19-7-17-6-18-19)5-8-2-3-9(4-10(8)13)12(14,15)16/h2-4,6-7,20H,5H2,1H3. The van der Waals surface area contributed by atoms with Gasteiger partial charge in [-0.2, -0.15) is 18.3 Å². The Morgan fingerprint density at radius 2 is 2.00 bits per heavy atom. The zero-order chi connectivity index (χ0) is 15.0. The Hall–Kier alpha value is -1.96. The minimum atomic E-state index is -4.60.